The van der Waals surface area contributed by atoms with E-state index in [9.17, 15) is 0 Å². The molecule has 0 unspecified atom stereocenters. The third-order valence-corrected chi connectivity index (χ3v) is 2.47. The van der Waals surface area contributed by atoms with Gasteiger partial charge in [-0.3, -0.25) is 4.90 Å². The minimum Gasteiger partial charge on any atom is -0.394 e. The molecule has 0 aliphatic carbocycles. The van der Waals surface area contributed by atoms with Crippen LogP contribution < -0.4 is 0 Å². The van der Waals surface area contributed by atoms with Crippen LogP contribution in [0.3, 0.4) is 0 Å². The Morgan fingerprint density at radius 1 is 1.58 bits per heavy atom. The Balaban J connectivity index is 4.12. The van der Waals surface area contributed by atoms with Crippen LogP contribution in [0.5, 0.6) is 0 Å². The summed E-state index contributed by atoms with van der Waals surface area (Å²) in [6.45, 7) is 6.90. The molecule has 0 saturated heterocycles. The Morgan fingerprint density at radius 2 is 2.08 bits per heavy atom. The molecule has 2 nitrogen and oxygen atoms in total. The topological polar surface area (TPSA) is 23.5 Å². The highest BCUT2D eigenvalue weighted by atomic mass is 35.5. The van der Waals surface area contributed by atoms with Gasteiger partial charge in [-0.1, -0.05) is 11.6 Å². The van der Waals surface area contributed by atoms with Crippen LogP contribution in [0.4, 0.5) is 0 Å². The lowest BCUT2D eigenvalue weighted by Crippen LogP contribution is -2.44. The number of aliphatic hydroxyl groups excluding tert-OH is 1. The second-order valence-electron chi connectivity index (χ2n) is 3.78. The van der Waals surface area contributed by atoms with E-state index in [2.05, 4.69) is 4.90 Å². The predicted molar refractivity (Wildman–Crippen MR) is 53.4 cm³/mol. The molecule has 1 N–H and O–H groups in total. The molecule has 0 aromatic carbocycles. The normalized spacial score (nSPS) is 14.1. The Kier molecular flexibility index (Phi) is 4.83. The van der Waals surface area contributed by atoms with Crippen molar-refractivity contribution in [3.63, 3.8) is 0 Å². The van der Waals surface area contributed by atoms with E-state index in [0.29, 0.717) is 0 Å². The molecule has 0 spiro atoms. The van der Waals surface area contributed by atoms with Crippen LogP contribution in [-0.2, 0) is 0 Å². The van der Waals surface area contributed by atoms with Crippen molar-refractivity contribution in [2.24, 2.45) is 0 Å². The quantitative estimate of drug-likeness (QED) is 0.733. The number of rotatable bonds is 4. The number of nitrogens with zero attached hydrogens (tertiary/aromatic N) is 1. The fourth-order valence-electron chi connectivity index (χ4n) is 0.743. The lowest BCUT2D eigenvalue weighted by molar-refractivity contribution is 0.0867. The van der Waals surface area contributed by atoms with E-state index in [4.69, 9.17) is 16.7 Å². The van der Waals surface area contributed by atoms with E-state index in [1.807, 2.05) is 27.8 Å². The zero-order chi connectivity index (χ0) is 9.78. The molecule has 12 heavy (non-hydrogen) atoms. The summed E-state index contributed by atoms with van der Waals surface area (Å²) in [4.78, 5) is 2.07. The van der Waals surface area contributed by atoms with Crippen molar-refractivity contribution in [2.45, 2.75) is 26.3 Å². The molecule has 0 saturated carbocycles. The Bertz CT molecular complexity index is 166. The van der Waals surface area contributed by atoms with Crippen LogP contribution >= 0.6 is 11.6 Å². The molecule has 72 valence electrons. The Labute approximate surface area is 79.8 Å². The molecular weight excluding hydrogens is 174 g/mol. The van der Waals surface area contributed by atoms with Gasteiger partial charge in [-0.2, -0.15) is 0 Å². The van der Waals surface area contributed by atoms with Gasteiger partial charge in [-0.15, -0.1) is 0 Å². The maximum absolute atomic E-state index is 9.06. The highest BCUT2D eigenvalue weighted by molar-refractivity contribution is 6.25. The van der Waals surface area contributed by atoms with Gasteiger partial charge in [0.05, 0.1) is 6.61 Å². The van der Waals surface area contributed by atoms with Gasteiger partial charge in [-0.05, 0) is 33.4 Å². The minimum absolute atomic E-state index is 0.152. The van der Waals surface area contributed by atoms with Crippen molar-refractivity contribution in [1.29, 1.82) is 0 Å². The number of hydrogen-bond acceptors (Lipinski definition) is 2. The standard InChI is InChI=1S/C9H18ClNO/c1-8(5-10)6-11(4)9(2,3)7-12/h5,12H,6-7H2,1-4H3. The Hall–Kier alpha value is -0.0500. The molecule has 0 rings (SSSR count). The fourth-order valence-corrected chi connectivity index (χ4v) is 0.812. The zero-order valence-electron chi connectivity index (χ0n) is 8.26. The third-order valence-electron chi connectivity index (χ3n) is 2.09. The molecule has 0 radical (unpaired) electrons. The van der Waals surface area contributed by atoms with Crippen molar-refractivity contribution < 1.29 is 5.11 Å². The van der Waals surface area contributed by atoms with Crippen LogP contribution in [0.15, 0.2) is 11.1 Å². The molecule has 3 heteroatoms. The predicted octanol–water partition coefficient (Wildman–Crippen LogP) is 1.83. The third kappa shape index (κ3) is 3.57. The largest absolute Gasteiger partial charge is 0.394 e. The molecule has 0 bridgehead atoms. The molecule has 0 fully saturated rings. The van der Waals surface area contributed by atoms with Crippen LogP contribution in [0.25, 0.3) is 0 Å². The summed E-state index contributed by atoms with van der Waals surface area (Å²) in [5.41, 5.74) is 2.49. The average Bonchev–Trinajstić information content (AvgIpc) is 2.04. The molecule has 0 aliphatic rings. The van der Waals surface area contributed by atoms with E-state index in [1.54, 1.807) is 5.54 Å². The molecule has 0 amide bonds. The van der Waals surface area contributed by atoms with E-state index in [1.165, 1.54) is 0 Å². The first-order valence-corrected chi connectivity index (χ1v) is 4.45. The summed E-state index contributed by atoms with van der Waals surface area (Å²) in [6.07, 6.45) is 0. The molecule has 0 aromatic rings. The average molecular weight is 192 g/mol. The van der Waals surface area contributed by atoms with E-state index in [-0.39, 0.29) is 12.1 Å². The van der Waals surface area contributed by atoms with Crippen molar-refractivity contribution in [3.8, 4) is 0 Å². The lowest BCUT2D eigenvalue weighted by Gasteiger charge is -2.33. The zero-order valence-corrected chi connectivity index (χ0v) is 9.02. The van der Waals surface area contributed by atoms with Crippen LogP contribution in [0, 0.1) is 0 Å². The van der Waals surface area contributed by atoms with Gasteiger partial charge in [0, 0.05) is 17.6 Å². The second kappa shape index (κ2) is 4.85. The highest BCUT2D eigenvalue weighted by Crippen LogP contribution is 2.12. The number of halogens is 1. The first kappa shape index (κ1) is 11.9. The smallest absolute Gasteiger partial charge is 0.0610 e. The van der Waals surface area contributed by atoms with Gasteiger partial charge in [0.25, 0.3) is 0 Å². The summed E-state index contributed by atoms with van der Waals surface area (Å²) in [6, 6.07) is 0. The monoisotopic (exact) mass is 191 g/mol. The van der Waals surface area contributed by atoms with Crippen molar-refractivity contribution in [1.82, 2.24) is 4.90 Å². The van der Waals surface area contributed by atoms with Crippen LogP contribution in [-0.4, -0.2) is 35.7 Å². The first-order chi connectivity index (χ1) is 5.44. The van der Waals surface area contributed by atoms with E-state index in [0.717, 1.165) is 12.1 Å². The van der Waals surface area contributed by atoms with Crippen molar-refractivity contribution in [2.75, 3.05) is 20.2 Å². The SMILES string of the molecule is CC(=CCl)CN(C)C(C)(C)CO. The molecule has 0 heterocycles. The molecule has 0 aliphatic heterocycles. The summed E-state index contributed by atoms with van der Waals surface area (Å²) in [5.74, 6) is 0. The van der Waals surface area contributed by atoms with Gasteiger partial charge in [0.1, 0.15) is 0 Å². The molecular formula is C9H18ClNO. The summed E-state index contributed by atoms with van der Waals surface area (Å²) < 4.78 is 0. The highest BCUT2D eigenvalue weighted by Gasteiger charge is 2.21. The van der Waals surface area contributed by atoms with Crippen LogP contribution in [0.1, 0.15) is 20.8 Å². The molecule has 0 atom stereocenters. The van der Waals surface area contributed by atoms with Crippen molar-refractivity contribution in [3.05, 3.63) is 11.1 Å². The van der Waals surface area contributed by atoms with Gasteiger partial charge < -0.3 is 5.11 Å². The summed E-state index contributed by atoms with van der Waals surface area (Å²) >= 11 is 5.54. The first-order valence-electron chi connectivity index (χ1n) is 4.02. The molecule has 0 aromatic heterocycles. The van der Waals surface area contributed by atoms with Gasteiger partial charge in [-0.25, -0.2) is 0 Å². The second-order valence-corrected chi connectivity index (χ2v) is 4.00. The van der Waals surface area contributed by atoms with Gasteiger partial charge >= 0.3 is 0 Å². The van der Waals surface area contributed by atoms with Crippen LogP contribution in [0.2, 0.25) is 0 Å². The summed E-state index contributed by atoms with van der Waals surface area (Å²) in [5, 5.41) is 9.06. The van der Waals surface area contributed by atoms with Gasteiger partial charge in [0.2, 0.25) is 0 Å². The maximum atomic E-state index is 9.06. The lowest BCUT2D eigenvalue weighted by atomic mass is 10.0. The van der Waals surface area contributed by atoms with E-state index >= 15 is 0 Å². The number of aliphatic hydroxyl groups is 1. The van der Waals surface area contributed by atoms with E-state index < -0.39 is 0 Å². The minimum atomic E-state index is -0.179. The van der Waals surface area contributed by atoms with Gasteiger partial charge in [0.15, 0.2) is 0 Å². The summed E-state index contributed by atoms with van der Waals surface area (Å²) in [7, 11) is 1.97. The number of likely N-dealkylation sites (N-methyl/N-ethyl adjacent to an activating group) is 1. The Morgan fingerprint density at radius 3 is 2.42 bits per heavy atom. The van der Waals surface area contributed by atoms with Crippen molar-refractivity contribution >= 4 is 11.6 Å². The maximum Gasteiger partial charge on any atom is 0.0610 e. The fraction of sp³-hybridized carbons (Fsp3) is 0.778. The number of hydrogen-bond donors (Lipinski definition) is 1.